The van der Waals surface area contributed by atoms with Gasteiger partial charge in [-0.1, -0.05) is 23.7 Å². The van der Waals surface area contributed by atoms with E-state index in [2.05, 4.69) is 10.3 Å². The van der Waals surface area contributed by atoms with Crippen LogP contribution in [0.1, 0.15) is 29.5 Å². The molecule has 0 bridgehead atoms. The van der Waals surface area contributed by atoms with Gasteiger partial charge in [0.1, 0.15) is 5.82 Å². The zero-order valence-electron chi connectivity index (χ0n) is 14.3. The Morgan fingerprint density at radius 3 is 2.73 bits per heavy atom. The molecule has 1 fully saturated rings. The van der Waals surface area contributed by atoms with Crippen LogP contribution in [0.5, 0.6) is 0 Å². The molecule has 2 heterocycles. The van der Waals surface area contributed by atoms with Gasteiger partial charge < -0.3 is 10.0 Å². The third-order valence-corrected chi connectivity index (χ3v) is 4.83. The molecule has 0 radical (unpaired) electrons. The highest BCUT2D eigenvalue weighted by atomic mass is 35.5. The lowest BCUT2D eigenvalue weighted by atomic mass is 9.90. The van der Waals surface area contributed by atoms with Crippen LogP contribution in [-0.2, 0) is 4.79 Å². The van der Waals surface area contributed by atoms with E-state index in [-0.39, 0.29) is 29.1 Å². The number of carboxylic acid groups (broad SMARTS) is 1. The van der Waals surface area contributed by atoms with E-state index < -0.39 is 17.7 Å². The maximum atomic E-state index is 13.3. The number of carbonyl (C=O) groups excluding carboxylic acids is 1. The highest BCUT2D eigenvalue weighted by molar-refractivity contribution is 6.30. The molecule has 0 saturated carbocycles. The summed E-state index contributed by atoms with van der Waals surface area (Å²) in [6.45, 7) is 4.20. The number of carbonyl (C=O) groups is 2. The van der Waals surface area contributed by atoms with Crippen LogP contribution < -0.4 is 0 Å². The molecular formula is C17H18ClFN4O3. The number of carboxylic acids is 1. The fourth-order valence-corrected chi connectivity index (χ4v) is 3.41. The number of benzene rings is 1. The van der Waals surface area contributed by atoms with Crippen molar-refractivity contribution in [1.29, 1.82) is 0 Å². The van der Waals surface area contributed by atoms with Gasteiger partial charge in [0.25, 0.3) is 5.91 Å². The second-order valence-corrected chi connectivity index (χ2v) is 7.03. The Morgan fingerprint density at radius 1 is 1.35 bits per heavy atom. The molecule has 2 unspecified atom stereocenters. The lowest BCUT2D eigenvalue weighted by molar-refractivity contribution is -0.143. The number of amides is 1. The summed E-state index contributed by atoms with van der Waals surface area (Å²) in [5.74, 6) is -2.32. The summed E-state index contributed by atoms with van der Waals surface area (Å²) in [7, 11) is 0. The number of nitrogens with zero attached hydrogens (tertiary/aromatic N) is 4. The lowest BCUT2D eigenvalue weighted by Crippen LogP contribution is -2.45. The quantitative estimate of drug-likeness (QED) is 0.884. The van der Waals surface area contributed by atoms with Crippen LogP contribution in [0, 0.1) is 24.6 Å². The summed E-state index contributed by atoms with van der Waals surface area (Å²) in [5, 5.41) is 17.1. The minimum atomic E-state index is -0.907. The van der Waals surface area contributed by atoms with Gasteiger partial charge in [0, 0.05) is 13.1 Å². The topological polar surface area (TPSA) is 88.3 Å². The molecule has 1 aliphatic heterocycles. The number of piperidine rings is 1. The Morgan fingerprint density at radius 2 is 2.08 bits per heavy atom. The summed E-state index contributed by atoms with van der Waals surface area (Å²) < 4.78 is 14.7. The van der Waals surface area contributed by atoms with Crippen molar-refractivity contribution in [3.8, 4) is 5.69 Å². The summed E-state index contributed by atoms with van der Waals surface area (Å²) >= 11 is 5.80. The zero-order chi connectivity index (χ0) is 19.0. The average Bonchev–Trinajstić information content (AvgIpc) is 2.97. The minimum Gasteiger partial charge on any atom is -0.481 e. The van der Waals surface area contributed by atoms with Gasteiger partial charge in [0.05, 0.1) is 22.3 Å². The highest BCUT2D eigenvalue weighted by Gasteiger charge is 2.34. The van der Waals surface area contributed by atoms with Crippen molar-refractivity contribution in [3.63, 3.8) is 0 Å². The molecule has 26 heavy (non-hydrogen) atoms. The van der Waals surface area contributed by atoms with Crippen LogP contribution in [-0.4, -0.2) is 50.0 Å². The molecule has 1 aromatic heterocycles. The van der Waals surface area contributed by atoms with Crippen molar-refractivity contribution < 1.29 is 19.1 Å². The van der Waals surface area contributed by atoms with Crippen molar-refractivity contribution in [2.45, 2.75) is 20.3 Å². The lowest BCUT2D eigenvalue weighted by Gasteiger charge is -2.34. The summed E-state index contributed by atoms with van der Waals surface area (Å²) in [6.07, 6.45) is 0.541. The first-order valence-corrected chi connectivity index (χ1v) is 8.55. The Labute approximate surface area is 154 Å². The van der Waals surface area contributed by atoms with Gasteiger partial charge in [-0.25, -0.2) is 9.07 Å². The van der Waals surface area contributed by atoms with Crippen molar-refractivity contribution in [3.05, 3.63) is 40.4 Å². The molecule has 3 rings (SSSR count). The number of hydrogen-bond donors (Lipinski definition) is 1. The van der Waals surface area contributed by atoms with Gasteiger partial charge in [-0.3, -0.25) is 9.59 Å². The van der Waals surface area contributed by atoms with E-state index in [4.69, 9.17) is 11.6 Å². The van der Waals surface area contributed by atoms with E-state index in [1.807, 2.05) is 6.92 Å². The van der Waals surface area contributed by atoms with Crippen LogP contribution in [0.2, 0.25) is 5.02 Å². The number of halogens is 2. The molecule has 1 aromatic carbocycles. The first-order chi connectivity index (χ1) is 12.3. The van der Waals surface area contributed by atoms with Gasteiger partial charge in [0.15, 0.2) is 5.69 Å². The molecule has 1 aliphatic rings. The van der Waals surface area contributed by atoms with Gasteiger partial charge in [0.2, 0.25) is 0 Å². The maximum Gasteiger partial charge on any atom is 0.308 e. The molecular weight excluding hydrogens is 363 g/mol. The minimum absolute atomic E-state index is 0.0561. The average molecular weight is 381 g/mol. The fraction of sp³-hybridized carbons (Fsp3) is 0.412. The number of rotatable bonds is 3. The summed E-state index contributed by atoms with van der Waals surface area (Å²) in [5.41, 5.74) is 1.10. The molecule has 0 aliphatic carbocycles. The molecule has 9 heteroatoms. The standard InChI is InChI=1S/C17H18ClFN4O3/c1-9-5-11(17(25)26)8-22(7-9)16(24)15-10(2)23(21-20-15)12-3-4-14(19)13(18)6-12/h3-4,6,9,11H,5,7-8H2,1-2H3,(H,25,26). The van der Waals surface area contributed by atoms with Gasteiger partial charge in [-0.15, -0.1) is 5.10 Å². The van der Waals surface area contributed by atoms with Gasteiger partial charge >= 0.3 is 5.97 Å². The molecule has 7 nitrogen and oxygen atoms in total. The summed E-state index contributed by atoms with van der Waals surface area (Å²) in [4.78, 5) is 25.6. The molecule has 2 atom stereocenters. The van der Waals surface area contributed by atoms with E-state index in [0.717, 1.165) is 0 Å². The number of likely N-dealkylation sites (tertiary alicyclic amines) is 1. The Kier molecular flexibility index (Phi) is 4.95. The van der Waals surface area contributed by atoms with E-state index in [0.29, 0.717) is 24.3 Å². The second kappa shape index (κ2) is 7.03. The van der Waals surface area contributed by atoms with Gasteiger partial charge in [-0.2, -0.15) is 0 Å². The second-order valence-electron chi connectivity index (χ2n) is 6.62. The first-order valence-electron chi connectivity index (χ1n) is 8.17. The zero-order valence-corrected chi connectivity index (χ0v) is 15.1. The van der Waals surface area contributed by atoms with E-state index >= 15 is 0 Å². The van der Waals surface area contributed by atoms with E-state index in [9.17, 15) is 19.1 Å². The third kappa shape index (κ3) is 3.41. The largest absolute Gasteiger partial charge is 0.481 e. The predicted octanol–water partition coefficient (Wildman–Crippen LogP) is 2.55. The highest BCUT2D eigenvalue weighted by Crippen LogP contribution is 2.25. The number of hydrogen-bond acceptors (Lipinski definition) is 4. The van der Waals surface area contributed by atoms with Crippen molar-refractivity contribution in [1.82, 2.24) is 19.9 Å². The van der Waals surface area contributed by atoms with Crippen LogP contribution in [0.4, 0.5) is 4.39 Å². The monoisotopic (exact) mass is 380 g/mol. The first kappa shape index (κ1) is 18.3. The smallest absolute Gasteiger partial charge is 0.308 e. The summed E-state index contributed by atoms with van der Waals surface area (Å²) in [6, 6.07) is 4.10. The molecule has 2 aromatic rings. The van der Waals surface area contributed by atoms with Crippen LogP contribution in [0.3, 0.4) is 0 Å². The molecule has 1 N–H and O–H groups in total. The normalized spacial score (nSPS) is 20.2. The number of aromatic nitrogens is 3. The van der Waals surface area contributed by atoms with Crippen molar-refractivity contribution >= 4 is 23.5 Å². The van der Waals surface area contributed by atoms with E-state index in [1.165, 1.54) is 27.8 Å². The van der Waals surface area contributed by atoms with E-state index in [1.54, 1.807) is 6.92 Å². The predicted molar refractivity (Wildman–Crippen MR) is 91.9 cm³/mol. The Hall–Kier alpha value is -2.48. The van der Waals surface area contributed by atoms with Crippen LogP contribution in [0.25, 0.3) is 5.69 Å². The fourth-order valence-electron chi connectivity index (χ4n) is 3.23. The molecule has 0 spiro atoms. The molecule has 138 valence electrons. The van der Waals surface area contributed by atoms with Crippen molar-refractivity contribution in [2.24, 2.45) is 11.8 Å². The Balaban J connectivity index is 1.88. The molecule has 1 amide bonds. The maximum absolute atomic E-state index is 13.3. The van der Waals surface area contributed by atoms with Crippen molar-refractivity contribution in [2.75, 3.05) is 13.1 Å². The Bertz CT molecular complexity index is 870. The van der Waals surface area contributed by atoms with Crippen LogP contribution in [0.15, 0.2) is 18.2 Å². The number of aliphatic carboxylic acids is 1. The molecule has 1 saturated heterocycles. The SMILES string of the molecule is Cc1c(C(=O)N2CC(C)CC(C(=O)O)C2)nnn1-c1ccc(F)c(Cl)c1. The third-order valence-electron chi connectivity index (χ3n) is 4.54. The van der Waals surface area contributed by atoms with Crippen LogP contribution >= 0.6 is 11.6 Å². The van der Waals surface area contributed by atoms with Gasteiger partial charge in [-0.05, 0) is 37.5 Å².